The zero-order valence-electron chi connectivity index (χ0n) is 5.12. The highest BCUT2D eigenvalue weighted by Gasteiger charge is 2.01. The van der Waals surface area contributed by atoms with Gasteiger partial charge in [-0.15, -0.1) is 0 Å². The van der Waals surface area contributed by atoms with Crippen molar-refractivity contribution in [1.29, 1.82) is 0 Å². The third-order valence-electron chi connectivity index (χ3n) is 0.793. The maximum atomic E-state index is 10.2. The average Bonchev–Trinajstić information content (AvgIpc) is 1.85. The number of aromatic nitrogens is 2. The number of rotatable bonds is 1. The fraction of sp³-hybridized carbons (Fsp3) is 0. The first-order valence-corrected chi connectivity index (χ1v) is 3.29. The molecule has 1 aromatic rings. The number of ether oxygens (including phenoxy) is 1. The van der Waals surface area contributed by atoms with Crippen LogP contribution in [0.15, 0.2) is 12.4 Å². The summed E-state index contributed by atoms with van der Waals surface area (Å²) in [4.78, 5) is 17.3. The summed E-state index contributed by atoms with van der Waals surface area (Å²) in [7, 11) is 0. The highest BCUT2D eigenvalue weighted by atomic mass is 35.5. The molecule has 0 spiro atoms. The molecule has 1 rings (SSSR count). The molecule has 0 N–H and O–H groups in total. The molecule has 0 aliphatic carbocycles. The van der Waals surface area contributed by atoms with E-state index < -0.39 is 5.43 Å². The van der Waals surface area contributed by atoms with Crippen molar-refractivity contribution in [2.75, 3.05) is 0 Å². The molecule has 0 bridgehead atoms. The highest BCUT2D eigenvalue weighted by Crippen LogP contribution is 2.11. The van der Waals surface area contributed by atoms with Crippen molar-refractivity contribution < 1.29 is 9.53 Å². The third-order valence-corrected chi connectivity index (χ3v) is 1.08. The molecular weight excluding hydrogens is 191 g/mol. The van der Waals surface area contributed by atoms with E-state index >= 15 is 0 Å². The number of carbonyl (C=O) groups is 1. The van der Waals surface area contributed by atoms with Gasteiger partial charge >= 0.3 is 5.43 Å². The lowest BCUT2D eigenvalue weighted by molar-refractivity contribution is 0.224. The first-order valence-electron chi connectivity index (χ1n) is 2.53. The Morgan fingerprint density at radius 3 is 2.82 bits per heavy atom. The SMILES string of the molecule is O=C(Cl)Oc1cc(Cl)ncn1. The van der Waals surface area contributed by atoms with Crippen LogP contribution in [-0.2, 0) is 0 Å². The Hall–Kier alpha value is -0.870. The van der Waals surface area contributed by atoms with Gasteiger partial charge in [0.2, 0.25) is 5.88 Å². The van der Waals surface area contributed by atoms with Crippen LogP contribution in [0.25, 0.3) is 0 Å². The van der Waals surface area contributed by atoms with Gasteiger partial charge in [-0.25, -0.2) is 14.8 Å². The van der Waals surface area contributed by atoms with Crippen LogP contribution in [0.4, 0.5) is 4.79 Å². The minimum atomic E-state index is -0.959. The maximum Gasteiger partial charge on any atom is 0.410 e. The van der Waals surface area contributed by atoms with Gasteiger partial charge in [-0.05, 0) is 0 Å². The molecule has 0 amide bonds. The molecule has 0 aliphatic rings. The number of hydrogen-bond donors (Lipinski definition) is 0. The van der Waals surface area contributed by atoms with E-state index in [1.165, 1.54) is 6.07 Å². The second-order valence-electron chi connectivity index (χ2n) is 1.52. The zero-order valence-corrected chi connectivity index (χ0v) is 6.63. The van der Waals surface area contributed by atoms with Crippen LogP contribution in [0.2, 0.25) is 5.15 Å². The van der Waals surface area contributed by atoms with Crippen molar-refractivity contribution in [3.8, 4) is 5.88 Å². The minimum absolute atomic E-state index is 0.0324. The fourth-order valence-corrected chi connectivity index (χ4v) is 0.671. The van der Waals surface area contributed by atoms with Gasteiger partial charge in [0.15, 0.2) is 0 Å². The van der Waals surface area contributed by atoms with Gasteiger partial charge in [-0.2, -0.15) is 0 Å². The lowest BCUT2D eigenvalue weighted by atomic mass is 10.6. The second-order valence-corrected chi connectivity index (χ2v) is 2.21. The molecule has 0 aromatic carbocycles. The van der Waals surface area contributed by atoms with Crippen molar-refractivity contribution in [3.63, 3.8) is 0 Å². The molecule has 58 valence electrons. The molecule has 0 saturated heterocycles. The van der Waals surface area contributed by atoms with Crippen LogP contribution in [0.1, 0.15) is 0 Å². The summed E-state index contributed by atoms with van der Waals surface area (Å²) in [5, 5.41) is 0.188. The molecule has 1 aromatic heterocycles. The molecule has 4 nitrogen and oxygen atoms in total. The van der Waals surface area contributed by atoms with Gasteiger partial charge in [-0.3, -0.25) is 0 Å². The monoisotopic (exact) mass is 192 g/mol. The molecule has 0 aliphatic heterocycles. The van der Waals surface area contributed by atoms with Gasteiger partial charge < -0.3 is 4.74 Å². The quantitative estimate of drug-likeness (QED) is 0.504. The molecule has 11 heavy (non-hydrogen) atoms. The van der Waals surface area contributed by atoms with Crippen LogP contribution in [0.5, 0.6) is 5.88 Å². The standard InChI is InChI=1S/C5H2Cl2N2O2/c6-3-1-4(9-2-8-3)11-5(7)10/h1-2H. The summed E-state index contributed by atoms with van der Waals surface area (Å²) in [6.07, 6.45) is 1.16. The Morgan fingerprint density at radius 2 is 2.27 bits per heavy atom. The summed E-state index contributed by atoms with van der Waals surface area (Å²) < 4.78 is 4.39. The third kappa shape index (κ3) is 2.69. The molecule has 0 unspecified atom stereocenters. The molecule has 0 saturated carbocycles. The van der Waals surface area contributed by atoms with E-state index in [0.717, 1.165) is 6.33 Å². The van der Waals surface area contributed by atoms with Gasteiger partial charge in [0.25, 0.3) is 0 Å². The van der Waals surface area contributed by atoms with Gasteiger partial charge in [0.05, 0.1) is 0 Å². The summed E-state index contributed by atoms with van der Waals surface area (Å²) in [5.41, 5.74) is -0.959. The largest absolute Gasteiger partial charge is 0.410 e. The van der Waals surface area contributed by atoms with Crippen molar-refractivity contribution in [2.45, 2.75) is 0 Å². The van der Waals surface area contributed by atoms with E-state index in [4.69, 9.17) is 23.2 Å². The maximum absolute atomic E-state index is 10.2. The Labute approximate surface area is 72.1 Å². The van der Waals surface area contributed by atoms with Crippen molar-refractivity contribution in [3.05, 3.63) is 17.5 Å². The van der Waals surface area contributed by atoms with Gasteiger partial charge in [0.1, 0.15) is 11.5 Å². The Balaban J connectivity index is 2.79. The van der Waals surface area contributed by atoms with E-state index in [9.17, 15) is 4.79 Å². The lowest BCUT2D eigenvalue weighted by Gasteiger charge is -1.95. The Bertz CT molecular complexity index is 279. The van der Waals surface area contributed by atoms with Gasteiger partial charge in [-0.1, -0.05) is 11.6 Å². The fourth-order valence-electron chi connectivity index (χ4n) is 0.455. The first kappa shape index (κ1) is 8.23. The molecule has 1 heterocycles. The predicted octanol–water partition coefficient (Wildman–Crippen LogP) is 1.87. The minimum Gasteiger partial charge on any atom is -0.395 e. The number of carbonyl (C=O) groups excluding carboxylic acids is 1. The molecule has 0 atom stereocenters. The van der Waals surface area contributed by atoms with E-state index in [1.54, 1.807) is 0 Å². The van der Waals surface area contributed by atoms with Crippen LogP contribution in [-0.4, -0.2) is 15.4 Å². The van der Waals surface area contributed by atoms with E-state index in [2.05, 4.69) is 14.7 Å². The van der Waals surface area contributed by atoms with Crippen molar-refractivity contribution in [1.82, 2.24) is 9.97 Å². The summed E-state index contributed by atoms with van der Waals surface area (Å²) in [5.74, 6) is 0.0324. The highest BCUT2D eigenvalue weighted by molar-refractivity contribution is 6.61. The number of nitrogens with zero attached hydrogens (tertiary/aromatic N) is 2. The van der Waals surface area contributed by atoms with Crippen molar-refractivity contribution in [2.24, 2.45) is 0 Å². The van der Waals surface area contributed by atoms with Crippen LogP contribution in [0, 0.1) is 0 Å². The lowest BCUT2D eigenvalue weighted by Crippen LogP contribution is -1.98. The smallest absolute Gasteiger partial charge is 0.395 e. The van der Waals surface area contributed by atoms with Crippen LogP contribution in [0.3, 0.4) is 0 Å². The summed E-state index contributed by atoms with van der Waals surface area (Å²) >= 11 is 10.3. The second kappa shape index (κ2) is 3.50. The molecule has 0 fully saturated rings. The van der Waals surface area contributed by atoms with E-state index in [-0.39, 0.29) is 11.0 Å². The average molecular weight is 193 g/mol. The first-order chi connectivity index (χ1) is 5.18. The van der Waals surface area contributed by atoms with E-state index in [1.807, 2.05) is 0 Å². The van der Waals surface area contributed by atoms with Crippen molar-refractivity contribution >= 4 is 28.6 Å². The normalized spacial score (nSPS) is 9.27. The number of halogens is 2. The Morgan fingerprint density at radius 1 is 1.55 bits per heavy atom. The number of hydrogen-bond acceptors (Lipinski definition) is 4. The van der Waals surface area contributed by atoms with Crippen LogP contribution < -0.4 is 4.74 Å². The summed E-state index contributed by atoms with van der Waals surface area (Å²) in [6.45, 7) is 0. The summed E-state index contributed by atoms with van der Waals surface area (Å²) in [6, 6.07) is 1.28. The molecule has 6 heteroatoms. The van der Waals surface area contributed by atoms with Crippen LogP contribution >= 0.6 is 23.2 Å². The Kier molecular flexibility index (Phi) is 2.62. The topological polar surface area (TPSA) is 52.1 Å². The van der Waals surface area contributed by atoms with Gasteiger partial charge in [0, 0.05) is 17.7 Å². The molecular formula is C5H2Cl2N2O2. The van der Waals surface area contributed by atoms with E-state index in [0.29, 0.717) is 0 Å². The molecule has 0 radical (unpaired) electrons. The predicted molar refractivity (Wildman–Crippen MR) is 38.9 cm³/mol. The zero-order chi connectivity index (χ0) is 8.27.